The minimum absolute atomic E-state index is 0.0463. The minimum atomic E-state index is -0.0463. The average Bonchev–Trinajstić information content (AvgIpc) is 1.98. The van der Waals surface area contributed by atoms with E-state index in [1.54, 1.807) is 0 Å². The van der Waals surface area contributed by atoms with E-state index in [1.165, 1.54) is 0 Å². The first kappa shape index (κ1) is 6.59. The smallest absolute Gasteiger partial charge is 0.309 e. The van der Waals surface area contributed by atoms with Crippen molar-refractivity contribution in [3.05, 3.63) is 0 Å². The van der Waals surface area contributed by atoms with Gasteiger partial charge in [0.15, 0.2) is 0 Å². The van der Waals surface area contributed by atoms with Crippen molar-refractivity contribution in [2.45, 2.75) is 26.9 Å². The Kier molecular flexibility index (Phi) is 1.47. The Morgan fingerprint density at radius 3 is 2.00 bits per heavy atom. The summed E-state index contributed by atoms with van der Waals surface area (Å²) >= 11 is 0. The Hall–Kier alpha value is -0.530. The molecule has 0 spiro atoms. The van der Waals surface area contributed by atoms with Crippen LogP contribution in [0.2, 0.25) is 0 Å². The van der Waals surface area contributed by atoms with E-state index in [2.05, 4.69) is 0 Å². The molecule has 2 nitrogen and oxygen atoms in total. The topological polar surface area (TPSA) is 26.3 Å². The second-order valence-corrected chi connectivity index (χ2v) is 2.79. The highest BCUT2D eigenvalue weighted by molar-refractivity contribution is 5.74. The van der Waals surface area contributed by atoms with Gasteiger partial charge in [-0.3, -0.25) is 4.79 Å². The molecule has 1 aliphatic rings. The maximum absolute atomic E-state index is 10.8. The molecule has 0 aliphatic carbocycles. The van der Waals surface area contributed by atoms with Gasteiger partial charge >= 0.3 is 5.97 Å². The molecule has 0 aromatic carbocycles. The van der Waals surface area contributed by atoms with Gasteiger partial charge in [0, 0.05) is 5.92 Å². The number of carbonyl (C=O) groups is 1. The molecule has 52 valence electrons. The lowest BCUT2D eigenvalue weighted by molar-refractivity contribution is -0.143. The third kappa shape index (κ3) is 0.934. The highest BCUT2D eigenvalue weighted by Crippen LogP contribution is 2.26. The largest absolute Gasteiger partial charge is 0.462 e. The third-order valence-corrected chi connectivity index (χ3v) is 2.20. The van der Waals surface area contributed by atoms with E-state index in [4.69, 9.17) is 4.74 Å². The number of ether oxygens (including phenoxy) is 1. The van der Waals surface area contributed by atoms with Crippen LogP contribution in [0.25, 0.3) is 0 Å². The molecule has 0 aromatic heterocycles. The number of cyclic esters (lactones) is 1. The molecule has 0 bridgehead atoms. The van der Waals surface area contributed by atoms with Gasteiger partial charge in [0.2, 0.25) is 0 Å². The highest BCUT2D eigenvalue weighted by Gasteiger charge is 2.35. The zero-order chi connectivity index (χ0) is 7.02. The number of hydrogen-bond donors (Lipinski definition) is 0. The van der Waals surface area contributed by atoms with Crippen molar-refractivity contribution in [2.75, 3.05) is 0 Å². The highest BCUT2D eigenvalue weighted by atomic mass is 16.6. The van der Waals surface area contributed by atoms with Crippen LogP contribution in [-0.4, -0.2) is 12.1 Å². The Morgan fingerprint density at radius 2 is 1.89 bits per heavy atom. The van der Waals surface area contributed by atoms with Crippen LogP contribution in [0.15, 0.2) is 0 Å². The van der Waals surface area contributed by atoms with Gasteiger partial charge in [-0.1, -0.05) is 13.8 Å². The molecule has 1 fully saturated rings. The van der Waals surface area contributed by atoms with Gasteiger partial charge in [-0.05, 0) is 6.92 Å². The molecular weight excluding hydrogens is 116 g/mol. The lowest BCUT2D eigenvalue weighted by Gasteiger charge is -2.06. The first-order chi connectivity index (χ1) is 4.13. The van der Waals surface area contributed by atoms with Crippen LogP contribution in [-0.2, 0) is 9.53 Å². The molecule has 0 amide bonds. The van der Waals surface area contributed by atoms with E-state index in [0.29, 0.717) is 5.92 Å². The van der Waals surface area contributed by atoms with Gasteiger partial charge in [-0.25, -0.2) is 0 Å². The number of carbonyl (C=O) groups excluding carboxylic acids is 1. The summed E-state index contributed by atoms with van der Waals surface area (Å²) in [4.78, 5) is 10.8. The molecule has 2 unspecified atom stereocenters. The first-order valence-corrected chi connectivity index (χ1v) is 3.33. The van der Waals surface area contributed by atoms with E-state index < -0.39 is 0 Å². The molecule has 0 aromatic rings. The maximum Gasteiger partial charge on any atom is 0.309 e. The van der Waals surface area contributed by atoms with Gasteiger partial charge in [0.1, 0.15) is 6.10 Å². The maximum atomic E-state index is 10.8. The second-order valence-electron chi connectivity index (χ2n) is 2.79. The van der Waals surface area contributed by atoms with Gasteiger partial charge in [0.05, 0.1) is 5.92 Å². The predicted molar refractivity (Wildman–Crippen MR) is 33.9 cm³/mol. The standard InChI is InChI=1S/C7H12O2/c1-4-5(2)7(8)9-6(4)3/h4-6H,1-3H3/t4-,5?,6?/m0/s1. The normalized spacial score (nSPS) is 43.0. The van der Waals surface area contributed by atoms with Gasteiger partial charge < -0.3 is 4.74 Å². The summed E-state index contributed by atoms with van der Waals surface area (Å²) in [7, 11) is 0. The van der Waals surface area contributed by atoms with Crippen molar-refractivity contribution in [3.63, 3.8) is 0 Å². The van der Waals surface area contributed by atoms with Gasteiger partial charge in [-0.15, -0.1) is 0 Å². The van der Waals surface area contributed by atoms with Crippen LogP contribution >= 0.6 is 0 Å². The van der Waals surface area contributed by atoms with Crippen molar-refractivity contribution in [1.82, 2.24) is 0 Å². The van der Waals surface area contributed by atoms with E-state index >= 15 is 0 Å². The average molecular weight is 128 g/mol. The zero-order valence-electron chi connectivity index (χ0n) is 6.05. The van der Waals surface area contributed by atoms with Crippen molar-refractivity contribution in [1.29, 1.82) is 0 Å². The fraction of sp³-hybridized carbons (Fsp3) is 0.857. The summed E-state index contributed by atoms with van der Waals surface area (Å²) in [6, 6.07) is 0. The quantitative estimate of drug-likeness (QED) is 0.458. The van der Waals surface area contributed by atoms with E-state index in [1.807, 2.05) is 20.8 Å². The molecule has 1 rings (SSSR count). The van der Waals surface area contributed by atoms with Crippen molar-refractivity contribution in [2.24, 2.45) is 11.8 Å². The lowest BCUT2D eigenvalue weighted by atomic mass is 9.95. The Balaban J connectivity index is 2.65. The van der Waals surface area contributed by atoms with Crippen LogP contribution in [0.1, 0.15) is 20.8 Å². The Morgan fingerprint density at radius 1 is 1.33 bits per heavy atom. The lowest BCUT2D eigenvalue weighted by Crippen LogP contribution is -2.11. The molecule has 0 radical (unpaired) electrons. The molecule has 3 atom stereocenters. The number of rotatable bonds is 0. The molecule has 0 N–H and O–H groups in total. The second kappa shape index (κ2) is 2.01. The zero-order valence-corrected chi connectivity index (χ0v) is 6.05. The van der Waals surface area contributed by atoms with Crippen molar-refractivity contribution >= 4 is 5.97 Å². The van der Waals surface area contributed by atoms with Crippen LogP contribution in [0, 0.1) is 11.8 Å². The molecule has 1 saturated heterocycles. The molecule has 0 saturated carbocycles. The monoisotopic (exact) mass is 128 g/mol. The SMILES string of the molecule is CC1OC(=O)C(C)[C@@H]1C. The molecule has 9 heavy (non-hydrogen) atoms. The summed E-state index contributed by atoms with van der Waals surface area (Å²) in [5.74, 6) is 0.438. The van der Waals surface area contributed by atoms with Crippen LogP contribution < -0.4 is 0 Å². The Bertz CT molecular complexity index is 131. The fourth-order valence-electron chi connectivity index (χ4n) is 1.02. The molecule has 1 aliphatic heterocycles. The summed E-state index contributed by atoms with van der Waals surface area (Å²) in [5, 5.41) is 0. The van der Waals surface area contributed by atoms with Gasteiger partial charge in [-0.2, -0.15) is 0 Å². The predicted octanol–water partition coefficient (Wildman–Crippen LogP) is 1.20. The van der Waals surface area contributed by atoms with E-state index in [9.17, 15) is 4.79 Å². The van der Waals surface area contributed by atoms with Gasteiger partial charge in [0.25, 0.3) is 0 Å². The minimum Gasteiger partial charge on any atom is -0.462 e. The molecule has 2 heteroatoms. The third-order valence-electron chi connectivity index (χ3n) is 2.20. The van der Waals surface area contributed by atoms with Crippen LogP contribution in [0.5, 0.6) is 0 Å². The van der Waals surface area contributed by atoms with E-state index in [-0.39, 0.29) is 18.0 Å². The van der Waals surface area contributed by atoms with Crippen molar-refractivity contribution < 1.29 is 9.53 Å². The molecule has 1 heterocycles. The van der Waals surface area contributed by atoms with E-state index in [0.717, 1.165) is 0 Å². The first-order valence-electron chi connectivity index (χ1n) is 3.33. The fourth-order valence-corrected chi connectivity index (χ4v) is 1.02. The number of esters is 1. The van der Waals surface area contributed by atoms with Crippen LogP contribution in [0.4, 0.5) is 0 Å². The summed E-state index contributed by atoms with van der Waals surface area (Å²) in [6.45, 7) is 5.89. The number of hydrogen-bond acceptors (Lipinski definition) is 2. The van der Waals surface area contributed by atoms with Crippen LogP contribution in [0.3, 0.4) is 0 Å². The summed E-state index contributed by atoms with van der Waals surface area (Å²) in [5.41, 5.74) is 0. The summed E-state index contributed by atoms with van der Waals surface area (Å²) in [6.07, 6.45) is 0.118. The Labute approximate surface area is 55.2 Å². The summed E-state index contributed by atoms with van der Waals surface area (Å²) < 4.78 is 4.95. The van der Waals surface area contributed by atoms with Crippen molar-refractivity contribution in [3.8, 4) is 0 Å². The molecular formula is C7H12O2.